The van der Waals surface area contributed by atoms with E-state index in [1.165, 1.54) is 17.4 Å². The fraction of sp³-hybridized carbons (Fsp3) is 0.500. The van der Waals surface area contributed by atoms with Crippen molar-refractivity contribution in [3.8, 4) is 0 Å². The van der Waals surface area contributed by atoms with Crippen LogP contribution in [0.3, 0.4) is 0 Å². The molecule has 1 aliphatic rings. The van der Waals surface area contributed by atoms with E-state index in [9.17, 15) is 9.59 Å². The summed E-state index contributed by atoms with van der Waals surface area (Å²) in [6.07, 6.45) is 4.01. The fourth-order valence-corrected chi connectivity index (χ4v) is 3.68. The first-order chi connectivity index (χ1) is 11.1. The molecule has 0 bridgehead atoms. The molecule has 7 heteroatoms. The first kappa shape index (κ1) is 16.0. The Labute approximate surface area is 138 Å². The molecule has 124 valence electrons. The van der Waals surface area contributed by atoms with Crippen molar-refractivity contribution < 1.29 is 9.21 Å². The van der Waals surface area contributed by atoms with Crippen LogP contribution in [0.4, 0.5) is 0 Å². The van der Waals surface area contributed by atoms with Gasteiger partial charge in [0.25, 0.3) is 0 Å². The number of amides is 1. The summed E-state index contributed by atoms with van der Waals surface area (Å²) in [5.41, 5.74) is 0.817. The average Bonchev–Trinajstić information content (AvgIpc) is 3.27. The number of nitrogens with zero attached hydrogens (tertiary/aromatic N) is 2. The second kappa shape index (κ2) is 7.14. The van der Waals surface area contributed by atoms with Crippen LogP contribution in [0.2, 0.25) is 0 Å². The highest BCUT2D eigenvalue weighted by Crippen LogP contribution is 2.24. The van der Waals surface area contributed by atoms with Crippen molar-refractivity contribution in [1.82, 2.24) is 14.8 Å². The standard InChI is InChI=1S/C16H21N3O3S/c1-12-11-23-16(21)19(12)10-15(20)17-9-13(14-5-4-8-22-14)18-6-2-3-7-18/h4-5,8,11,13H,2-3,6-7,9-10H2,1H3,(H,17,20)/t13-/m1/s1. The molecule has 2 aromatic heterocycles. The van der Waals surface area contributed by atoms with Gasteiger partial charge in [0.2, 0.25) is 5.91 Å². The van der Waals surface area contributed by atoms with E-state index in [1.807, 2.05) is 19.1 Å². The van der Waals surface area contributed by atoms with Gasteiger partial charge in [0.1, 0.15) is 12.3 Å². The van der Waals surface area contributed by atoms with E-state index in [0.717, 1.165) is 35.9 Å². The minimum absolute atomic E-state index is 0.0525. The largest absolute Gasteiger partial charge is 0.468 e. The van der Waals surface area contributed by atoms with Crippen LogP contribution in [0.15, 0.2) is 33.0 Å². The minimum atomic E-state index is -0.149. The van der Waals surface area contributed by atoms with Crippen molar-refractivity contribution >= 4 is 17.2 Å². The molecule has 0 spiro atoms. The molecule has 6 nitrogen and oxygen atoms in total. The summed E-state index contributed by atoms with van der Waals surface area (Å²) in [7, 11) is 0. The summed E-state index contributed by atoms with van der Waals surface area (Å²) in [6, 6.07) is 3.87. The number of hydrogen-bond acceptors (Lipinski definition) is 5. The number of nitrogens with one attached hydrogen (secondary N) is 1. The van der Waals surface area contributed by atoms with Gasteiger partial charge in [-0.25, -0.2) is 0 Å². The lowest BCUT2D eigenvalue weighted by Crippen LogP contribution is -2.38. The van der Waals surface area contributed by atoms with Gasteiger partial charge in [0, 0.05) is 17.6 Å². The van der Waals surface area contributed by atoms with Crippen molar-refractivity contribution in [1.29, 1.82) is 0 Å². The minimum Gasteiger partial charge on any atom is -0.468 e. The number of thiazole rings is 1. The van der Waals surface area contributed by atoms with Gasteiger partial charge in [0.15, 0.2) is 0 Å². The number of carbonyl (C=O) groups excluding carboxylic acids is 1. The van der Waals surface area contributed by atoms with Gasteiger partial charge in [-0.2, -0.15) is 0 Å². The lowest BCUT2D eigenvalue weighted by atomic mass is 10.2. The second-order valence-corrected chi connectivity index (χ2v) is 6.63. The molecule has 1 atom stereocenters. The zero-order chi connectivity index (χ0) is 16.2. The average molecular weight is 335 g/mol. The third kappa shape index (κ3) is 3.73. The van der Waals surface area contributed by atoms with E-state index in [4.69, 9.17) is 4.42 Å². The Kier molecular flexibility index (Phi) is 4.97. The molecule has 23 heavy (non-hydrogen) atoms. The van der Waals surface area contributed by atoms with Crippen LogP contribution in [-0.4, -0.2) is 35.0 Å². The topological polar surface area (TPSA) is 67.5 Å². The quantitative estimate of drug-likeness (QED) is 0.873. The predicted octanol–water partition coefficient (Wildman–Crippen LogP) is 1.76. The third-order valence-electron chi connectivity index (χ3n) is 4.22. The molecule has 1 amide bonds. The Morgan fingerprint density at radius 2 is 2.22 bits per heavy atom. The van der Waals surface area contributed by atoms with Crippen molar-refractivity contribution in [3.05, 3.63) is 44.9 Å². The second-order valence-electron chi connectivity index (χ2n) is 5.81. The highest BCUT2D eigenvalue weighted by atomic mass is 32.1. The zero-order valence-corrected chi connectivity index (χ0v) is 14.0. The maximum absolute atomic E-state index is 12.2. The summed E-state index contributed by atoms with van der Waals surface area (Å²) in [4.78, 5) is 26.1. The zero-order valence-electron chi connectivity index (χ0n) is 13.2. The fourth-order valence-electron chi connectivity index (χ4n) is 2.95. The number of likely N-dealkylation sites (tertiary alicyclic amines) is 1. The lowest BCUT2D eigenvalue weighted by Gasteiger charge is -2.26. The SMILES string of the molecule is Cc1csc(=O)n1CC(=O)NC[C@H](c1ccco1)N1CCCC1. The summed E-state index contributed by atoms with van der Waals surface area (Å²) < 4.78 is 7.04. The Morgan fingerprint density at radius 1 is 1.43 bits per heavy atom. The molecule has 0 unspecified atom stereocenters. The highest BCUT2D eigenvalue weighted by Gasteiger charge is 2.26. The van der Waals surface area contributed by atoms with E-state index < -0.39 is 0 Å². The van der Waals surface area contributed by atoms with Crippen LogP contribution >= 0.6 is 11.3 Å². The molecule has 0 saturated carbocycles. The van der Waals surface area contributed by atoms with E-state index in [-0.39, 0.29) is 23.4 Å². The highest BCUT2D eigenvalue weighted by molar-refractivity contribution is 7.07. The molecule has 1 aliphatic heterocycles. The first-order valence-corrected chi connectivity index (χ1v) is 8.72. The van der Waals surface area contributed by atoms with Crippen LogP contribution in [0.5, 0.6) is 0 Å². The molecule has 1 N–H and O–H groups in total. The maximum atomic E-state index is 12.2. The first-order valence-electron chi connectivity index (χ1n) is 7.84. The van der Waals surface area contributed by atoms with E-state index in [0.29, 0.717) is 6.54 Å². The molecular weight excluding hydrogens is 314 g/mol. The van der Waals surface area contributed by atoms with Gasteiger partial charge in [0.05, 0.1) is 12.3 Å². The summed E-state index contributed by atoms with van der Waals surface area (Å²) in [5, 5.41) is 4.71. The van der Waals surface area contributed by atoms with Crippen molar-refractivity contribution in [2.45, 2.75) is 32.4 Å². The van der Waals surface area contributed by atoms with Crippen molar-refractivity contribution in [2.24, 2.45) is 0 Å². The normalized spacial score (nSPS) is 16.6. The number of hydrogen-bond donors (Lipinski definition) is 1. The number of rotatable bonds is 6. The van der Waals surface area contributed by atoms with Crippen LogP contribution < -0.4 is 10.2 Å². The number of furan rings is 1. The molecule has 3 rings (SSSR count). The van der Waals surface area contributed by atoms with Crippen molar-refractivity contribution in [2.75, 3.05) is 19.6 Å². The van der Waals surface area contributed by atoms with Gasteiger partial charge in [-0.05, 0) is 45.0 Å². The Balaban J connectivity index is 1.62. The summed E-state index contributed by atoms with van der Waals surface area (Å²) in [5.74, 6) is 0.723. The van der Waals surface area contributed by atoms with Crippen LogP contribution in [-0.2, 0) is 11.3 Å². The van der Waals surface area contributed by atoms with Gasteiger partial charge < -0.3 is 9.73 Å². The molecule has 1 saturated heterocycles. The maximum Gasteiger partial charge on any atom is 0.307 e. The lowest BCUT2D eigenvalue weighted by molar-refractivity contribution is -0.122. The third-order valence-corrected chi connectivity index (χ3v) is 5.10. The molecule has 1 fully saturated rings. The molecule has 0 aliphatic carbocycles. The number of aryl methyl sites for hydroxylation is 1. The van der Waals surface area contributed by atoms with Crippen molar-refractivity contribution in [3.63, 3.8) is 0 Å². The Bertz CT molecular complexity index is 698. The van der Waals surface area contributed by atoms with E-state index in [1.54, 1.807) is 11.6 Å². The van der Waals surface area contributed by atoms with Crippen LogP contribution in [0, 0.1) is 6.92 Å². The molecular formula is C16H21N3O3S. The molecule has 3 heterocycles. The van der Waals surface area contributed by atoms with Gasteiger partial charge in [-0.3, -0.25) is 19.1 Å². The van der Waals surface area contributed by atoms with Gasteiger partial charge >= 0.3 is 4.87 Å². The predicted molar refractivity (Wildman–Crippen MR) is 88.6 cm³/mol. The Morgan fingerprint density at radius 3 is 2.83 bits per heavy atom. The number of carbonyl (C=O) groups is 1. The number of aromatic nitrogens is 1. The van der Waals surface area contributed by atoms with E-state index >= 15 is 0 Å². The molecule has 0 radical (unpaired) electrons. The van der Waals surface area contributed by atoms with E-state index in [2.05, 4.69) is 10.2 Å². The molecule has 0 aromatic carbocycles. The molecule has 2 aromatic rings. The Hall–Kier alpha value is -1.86. The van der Waals surface area contributed by atoms with Crippen LogP contribution in [0.1, 0.15) is 30.3 Å². The monoisotopic (exact) mass is 335 g/mol. The smallest absolute Gasteiger partial charge is 0.307 e. The van der Waals surface area contributed by atoms with Gasteiger partial charge in [-0.15, -0.1) is 0 Å². The summed E-state index contributed by atoms with van der Waals surface area (Å²) >= 11 is 1.12. The summed E-state index contributed by atoms with van der Waals surface area (Å²) in [6.45, 7) is 4.43. The van der Waals surface area contributed by atoms with Crippen LogP contribution in [0.25, 0.3) is 0 Å². The van der Waals surface area contributed by atoms with Gasteiger partial charge in [-0.1, -0.05) is 11.3 Å².